The van der Waals surface area contributed by atoms with E-state index in [1.54, 1.807) is 12.3 Å². The van der Waals surface area contributed by atoms with E-state index in [1.807, 2.05) is 0 Å². The Morgan fingerprint density at radius 2 is 2.05 bits per heavy atom. The van der Waals surface area contributed by atoms with Gasteiger partial charge >= 0.3 is 0 Å². The molecule has 3 nitrogen and oxygen atoms in total. The van der Waals surface area contributed by atoms with Crippen LogP contribution in [-0.4, -0.2) is 23.9 Å². The molecule has 0 N–H and O–H groups in total. The molecule has 0 amide bonds. The van der Waals surface area contributed by atoms with Crippen molar-refractivity contribution >= 4 is 19.9 Å². The van der Waals surface area contributed by atoms with Crippen LogP contribution in [0.2, 0.25) is 24.9 Å². The van der Waals surface area contributed by atoms with Crippen molar-refractivity contribution in [1.29, 1.82) is 0 Å². The van der Waals surface area contributed by atoms with Crippen LogP contribution in [-0.2, 0) is 4.43 Å². The first-order chi connectivity index (χ1) is 9.57. The highest BCUT2D eigenvalue weighted by Gasteiger charge is 2.27. The van der Waals surface area contributed by atoms with Crippen LogP contribution < -0.4 is 0 Å². The monoisotopic (exact) mass is 324 g/mol. The molecule has 0 aliphatic rings. The van der Waals surface area contributed by atoms with E-state index in [1.165, 1.54) is 0 Å². The summed E-state index contributed by atoms with van der Waals surface area (Å²) >= 11 is 5.74. The number of nitrogens with zero attached hydrogens (tertiary/aromatic N) is 2. The Bertz CT molecular complexity index is 529. The molecule has 21 heavy (non-hydrogen) atoms. The molecule has 0 spiro atoms. The van der Waals surface area contributed by atoms with Gasteiger partial charge in [0.05, 0.1) is 5.60 Å². The summed E-state index contributed by atoms with van der Waals surface area (Å²) in [6.45, 7) is 13.1. The molecule has 0 saturated carbocycles. The van der Waals surface area contributed by atoms with Crippen molar-refractivity contribution in [2.45, 2.75) is 58.9 Å². The summed E-state index contributed by atoms with van der Waals surface area (Å²) in [6, 6.07) is 1.77. The van der Waals surface area contributed by atoms with E-state index >= 15 is 0 Å². The zero-order valence-electron chi connectivity index (χ0n) is 13.8. The largest absolute Gasteiger partial charge is 0.413 e. The van der Waals surface area contributed by atoms with Crippen LogP contribution in [0, 0.1) is 17.8 Å². The minimum absolute atomic E-state index is 0.0847. The van der Waals surface area contributed by atoms with Gasteiger partial charge in [-0.05, 0) is 69.9 Å². The van der Waals surface area contributed by atoms with E-state index in [-0.39, 0.29) is 10.9 Å². The minimum atomic E-state index is -1.51. The summed E-state index contributed by atoms with van der Waals surface area (Å²) in [4.78, 5) is 7.91. The molecule has 1 aromatic heterocycles. The van der Waals surface area contributed by atoms with Crippen molar-refractivity contribution in [1.82, 2.24) is 9.97 Å². The summed E-state index contributed by atoms with van der Waals surface area (Å²) in [6.07, 6.45) is 3.62. The molecule has 0 aliphatic carbocycles. The van der Waals surface area contributed by atoms with E-state index in [9.17, 15) is 0 Å². The lowest BCUT2D eigenvalue weighted by atomic mass is 9.96. The smallest absolute Gasteiger partial charge is 0.223 e. The molecule has 1 atom stereocenters. The predicted octanol–water partition coefficient (Wildman–Crippen LogP) is 4.53. The standard InChI is InChI=1S/C16H25ClN2OSi/c1-13(7-8-14-10-12-18-15(17)19-14)9-11-16(2,3)20-21(4,5)6/h10,12-13H,9,11H2,1-6H3. The Kier molecular flexibility index (Phi) is 6.39. The SMILES string of the molecule is CC(C#Cc1ccnc(Cl)n1)CCC(C)(C)O[Si](C)(C)C. The van der Waals surface area contributed by atoms with Gasteiger partial charge in [-0.2, -0.15) is 0 Å². The van der Waals surface area contributed by atoms with E-state index in [2.05, 4.69) is 62.2 Å². The van der Waals surface area contributed by atoms with Crippen molar-refractivity contribution in [3.05, 3.63) is 23.2 Å². The summed E-state index contributed by atoms with van der Waals surface area (Å²) < 4.78 is 6.21. The fourth-order valence-corrected chi connectivity index (χ4v) is 4.03. The third-order valence-corrected chi connectivity index (χ3v) is 4.18. The molecule has 0 aliphatic heterocycles. The van der Waals surface area contributed by atoms with Crippen LogP contribution in [0.1, 0.15) is 39.3 Å². The van der Waals surface area contributed by atoms with Crippen LogP contribution in [0.25, 0.3) is 0 Å². The Labute approximate surface area is 134 Å². The lowest BCUT2D eigenvalue weighted by Gasteiger charge is -2.33. The summed E-state index contributed by atoms with van der Waals surface area (Å²) in [7, 11) is -1.51. The number of rotatable bonds is 5. The molecule has 1 aromatic rings. The van der Waals surface area contributed by atoms with E-state index < -0.39 is 8.32 Å². The third-order valence-electron chi connectivity index (χ3n) is 2.83. The van der Waals surface area contributed by atoms with Crippen molar-refractivity contribution in [2.24, 2.45) is 5.92 Å². The van der Waals surface area contributed by atoms with Crippen LogP contribution >= 0.6 is 11.6 Å². The van der Waals surface area contributed by atoms with Gasteiger partial charge in [0, 0.05) is 12.1 Å². The molecule has 0 aromatic carbocycles. The van der Waals surface area contributed by atoms with Crippen LogP contribution in [0.5, 0.6) is 0 Å². The highest BCUT2D eigenvalue weighted by atomic mass is 35.5. The molecular formula is C16H25ClN2OSi. The predicted molar refractivity (Wildman–Crippen MR) is 90.8 cm³/mol. The van der Waals surface area contributed by atoms with Crippen LogP contribution in [0.3, 0.4) is 0 Å². The van der Waals surface area contributed by atoms with Gasteiger partial charge < -0.3 is 4.43 Å². The second-order valence-electron chi connectivity index (χ2n) is 6.89. The van der Waals surface area contributed by atoms with Crippen LogP contribution in [0.4, 0.5) is 0 Å². The Morgan fingerprint density at radius 1 is 1.38 bits per heavy atom. The molecule has 116 valence electrons. The zero-order valence-corrected chi connectivity index (χ0v) is 15.6. The number of aromatic nitrogens is 2. The minimum Gasteiger partial charge on any atom is -0.413 e. The van der Waals surface area contributed by atoms with Gasteiger partial charge in [0.2, 0.25) is 5.28 Å². The highest BCUT2D eigenvalue weighted by molar-refractivity contribution is 6.69. The Morgan fingerprint density at radius 3 is 2.62 bits per heavy atom. The zero-order chi connectivity index (χ0) is 16.1. The summed E-state index contributed by atoms with van der Waals surface area (Å²) in [5, 5.41) is 0.235. The van der Waals surface area contributed by atoms with Gasteiger partial charge in [-0.1, -0.05) is 12.8 Å². The van der Waals surface area contributed by atoms with Crippen molar-refractivity contribution < 1.29 is 4.43 Å². The van der Waals surface area contributed by atoms with Gasteiger partial charge in [0.1, 0.15) is 5.69 Å². The first-order valence-corrected chi connectivity index (χ1v) is 11.1. The quantitative estimate of drug-likeness (QED) is 0.453. The van der Waals surface area contributed by atoms with Crippen molar-refractivity contribution in [3.8, 4) is 11.8 Å². The van der Waals surface area contributed by atoms with Crippen LogP contribution in [0.15, 0.2) is 12.3 Å². The molecule has 0 fully saturated rings. The van der Waals surface area contributed by atoms with Crippen molar-refractivity contribution in [3.63, 3.8) is 0 Å². The second-order valence-corrected chi connectivity index (χ2v) is 11.7. The molecule has 0 bridgehead atoms. The second kappa shape index (κ2) is 7.39. The van der Waals surface area contributed by atoms with Gasteiger partial charge in [0.15, 0.2) is 8.32 Å². The maximum absolute atomic E-state index is 6.21. The van der Waals surface area contributed by atoms with E-state index in [4.69, 9.17) is 16.0 Å². The lowest BCUT2D eigenvalue weighted by Crippen LogP contribution is -2.38. The number of hydrogen-bond acceptors (Lipinski definition) is 3. The molecular weight excluding hydrogens is 300 g/mol. The van der Waals surface area contributed by atoms with Gasteiger partial charge in [0.25, 0.3) is 0 Å². The average molecular weight is 325 g/mol. The molecule has 0 saturated heterocycles. The average Bonchev–Trinajstić information content (AvgIpc) is 2.31. The molecule has 5 heteroatoms. The maximum atomic E-state index is 6.21. The summed E-state index contributed by atoms with van der Waals surface area (Å²) in [5.74, 6) is 6.57. The van der Waals surface area contributed by atoms with Gasteiger partial charge in [-0.3, -0.25) is 0 Å². The fraction of sp³-hybridized carbons (Fsp3) is 0.625. The lowest BCUT2D eigenvalue weighted by molar-refractivity contribution is 0.0863. The third kappa shape index (κ3) is 8.20. The van der Waals surface area contributed by atoms with E-state index in [0.717, 1.165) is 12.8 Å². The maximum Gasteiger partial charge on any atom is 0.223 e. The topological polar surface area (TPSA) is 35.0 Å². The Balaban J connectivity index is 2.53. The van der Waals surface area contributed by atoms with Crippen molar-refractivity contribution in [2.75, 3.05) is 0 Å². The molecule has 1 rings (SSSR count). The normalized spacial score (nSPS) is 13.5. The highest BCUT2D eigenvalue weighted by Crippen LogP contribution is 2.24. The fourth-order valence-electron chi connectivity index (χ4n) is 2.12. The molecule has 1 heterocycles. The Hall–Kier alpha value is -0.893. The van der Waals surface area contributed by atoms with Gasteiger partial charge in [-0.15, -0.1) is 0 Å². The van der Waals surface area contributed by atoms with E-state index in [0.29, 0.717) is 11.6 Å². The first-order valence-electron chi connectivity index (χ1n) is 7.28. The van der Waals surface area contributed by atoms with Gasteiger partial charge in [-0.25, -0.2) is 9.97 Å². The molecule has 1 unspecified atom stereocenters. The number of hydrogen-bond donors (Lipinski definition) is 0. The first kappa shape index (κ1) is 18.2. The number of halogens is 1. The summed E-state index contributed by atoms with van der Waals surface area (Å²) in [5.41, 5.74) is 0.581. The molecule has 0 radical (unpaired) electrons.